The van der Waals surface area contributed by atoms with Gasteiger partial charge in [-0.05, 0) is 19.5 Å². The molecule has 1 atom stereocenters. The summed E-state index contributed by atoms with van der Waals surface area (Å²) in [4.78, 5) is 13.5. The Labute approximate surface area is 103 Å². The van der Waals surface area contributed by atoms with Crippen molar-refractivity contribution < 1.29 is 0 Å². The van der Waals surface area contributed by atoms with Gasteiger partial charge in [0.05, 0.1) is 5.69 Å². The van der Waals surface area contributed by atoms with Gasteiger partial charge < -0.3 is 10.6 Å². The zero-order chi connectivity index (χ0) is 12.3. The molecule has 1 unspecified atom stereocenters. The van der Waals surface area contributed by atoms with E-state index < -0.39 is 0 Å². The highest BCUT2D eigenvalue weighted by atomic mass is 15.3. The van der Waals surface area contributed by atoms with Gasteiger partial charge >= 0.3 is 0 Å². The Morgan fingerprint density at radius 3 is 2.94 bits per heavy atom. The highest BCUT2D eigenvalue weighted by Gasteiger charge is 2.23. The number of rotatable bonds is 3. The van der Waals surface area contributed by atoms with E-state index >= 15 is 0 Å². The summed E-state index contributed by atoms with van der Waals surface area (Å²) in [5, 5.41) is 0. The van der Waals surface area contributed by atoms with Crippen molar-refractivity contribution in [3.63, 3.8) is 0 Å². The molecule has 1 saturated heterocycles. The summed E-state index contributed by atoms with van der Waals surface area (Å²) in [5.74, 6) is 0.815. The molecule has 2 rings (SSSR count). The summed E-state index contributed by atoms with van der Waals surface area (Å²) in [6.07, 6.45) is 1.79. The van der Waals surface area contributed by atoms with Gasteiger partial charge in [0.2, 0.25) is 5.95 Å². The summed E-state index contributed by atoms with van der Waals surface area (Å²) in [6.45, 7) is 9.10. The van der Waals surface area contributed by atoms with Crippen molar-refractivity contribution in [1.82, 2.24) is 14.9 Å². The summed E-state index contributed by atoms with van der Waals surface area (Å²) in [6, 6.07) is 2.42. The van der Waals surface area contributed by atoms with E-state index in [1.807, 2.05) is 6.07 Å². The first kappa shape index (κ1) is 12.3. The largest absolute Gasteiger partial charge is 0.338 e. The molecule has 0 amide bonds. The molecule has 5 heteroatoms. The van der Waals surface area contributed by atoms with E-state index in [2.05, 4.69) is 33.6 Å². The molecule has 2 N–H and O–H groups in total. The first-order chi connectivity index (χ1) is 8.24. The van der Waals surface area contributed by atoms with Gasteiger partial charge in [-0.2, -0.15) is 0 Å². The monoisotopic (exact) mass is 235 g/mol. The summed E-state index contributed by atoms with van der Waals surface area (Å²) in [7, 11) is 0. The van der Waals surface area contributed by atoms with Crippen LogP contribution in [-0.4, -0.2) is 47.1 Å². The Morgan fingerprint density at radius 1 is 1.47 bits per heavy atom. The van der Waals surface area contributed by atoms with Crippen molar-refractivity contribution in [2.45, 2.75) is 26.4 Å². The lowest BCUT2D eigenvalue weighted by atomic mass is 10.2. The summed E-state index contributed by atoms with van der Waals surface area (Å²) < 4.78 is 0. The third-order valence-corrected chi connectivity index (χ3v) is 3.36. The zero-order valence-electron chi connectivity index (χ0n) is 10.6. The lowest BCUT2D eigenvalue weighted by molar-refractivity contribution is 0.198. The minimum atomic E-state index is 0.472. The molecule has 1 aromatic rings. The SMILES string of the molecule is CCN1CCN(c2nccc(CN)n2)CC1C. The molecule has 2 heterocycles. The standard InChI is InChI=1S/C12H21N5/c1-3-16-6-7-17(9-10(16)2)12-14-5-4-11(8-13)15-12/h4-5,10H,3,6-9,13H2,1-2H3. The van der Waals surface area contributed by atoms with E-state index in [1.165, 1.54) is 0 Å². The second-order valence-corrected chi connectivity index (χ2v) is 4.48. The average Bonchev–Trinajstić information content (AvgIpc) is 2.38. The van der Waals surface area contributed by atoms with Crippen molar-refractivity contribution in [3.8, 4) is 0 Å². The molecule has 0 saturated carbocycles. The first-order valence-electron chi connectivity index (χ1n) is 6.25. The predicted octanol–water partition coefficient (Wildman–Crippen LogP) is 0.466. The molecular formula is C12H21N5. The third-order valence-electron chi connectivity index (χ3n) is 3.36. The molecule has 1 aromatic heterocycles. The molecule has 1 aliphatic heterocycles. The molecule has 5 nitrogen and oxygen atoms in total. The molecule has 0 aromatic carbocycles. The molecule has 0 aliphatic carbocycles. The van der Waals surface area contributed by atoms with Gasteiger partial charge in [0.15, 0.2) is 0 Å². The molecule has 0 bridgehead atoms. The van der Waals surface area contributed by atoms with E-state index in [-0.39, 0.29) is 0 Å². The topological polar surface area (TPSA) is 58.3 Å². The number of nitrogens with two attached hydrogens (primary N) is 1. The zero-order valence-corrected chi connectivity index (χ0v) is 10.6. The maximum Gasteiger partial charge on any atom is 0.225 e. The van der Waals surface area contributed by atoms with Crippen LogP contribution in [0.5, 0.6) is 0 Å². The maximum atomic E-state index is 5.60. The number of hydrogen-bond acceptors (Lipinski definition) is 5. The van der Waals surface area contributed by atoms with Crippen molar-refractivity contribution in [1.29, 1.82) is 0 Å². The van der Waals surface area contributed by atoms with Gasteiger partial charge in [0.25, 0.3) is 0 Å². The van der Waals surface area contributed by atoms with Gasteiger partial charge in [-0.15, -0.1) is 0 Å². The van der Waals surface area contributed by atoms with Gasteiger partial charge in [-0.1, -0.05) is 6.92 Å². The second-order valence-electron chi connectivity index (χ2n) is 4.48. The number of piperazine rings is 1. The van der Waals surface area contributed by atoms with Crippen molar-refractivity contribution in [3.05, 3.63) is 18.0 Å². The van der Waals surface area contributed by atoms with Crippen LogP contribution in [-0.2, 0) is 6.54 Å². The lowest BCUT2D eigenvalue weighted by Gasteiger charge is -2.39. The Hall–Kier alpha value is -1.20. The fraction of sp³-hybridized carbons (Fsp3) is 0.667. The highest BCUT2D eigenvalue weighted by Crippen LogP contribution is 2.14. The number of likely N-dealkylation sites (N-methyl/N-ethyl adjacent to an activating group) is 1. The Balaban J connectivity index is 2.08. The lowest BCUT2D eigenvalue weighted by Crippen LogP contribution is -2.52. The van der Waals surface area contributed by atoms with Crippen LogP contribution in [0.1, 0.15) is 19.5 Å². The molecule has 0 spiro atoms. The molecule has 17 heavy (non-hydrogen) atoms. The normalized spacial score (nSPS) is 21.8. The average molecular weight is 235 g/mol. The molecular weight excluding hydrogens is 214 g/mol. The smallest absolute Gasteiger partial charge is 0.225 e. The molecule has 0 radical (unpaired) electrons. The van der Waals surface area contributed by atoms with E-state index in [0.717, 1.165) is 37.8 Å². The quantitative estimate of drug-likeness (QED) is 0.825. The summed E-state index contributed by atoms with van der Waals surface area (Å²) in [5.41, 5.74) is 6.51. The molecule has 94 valence electrons. The van der Waals surface area contributed by atoms with Crippen molar-refractivity contribution in [2.24, 2.45) is 5.73 Å². The van der Waals surface area contributed by atoms with Gasteiger partial charge in [0.1, 0.15) is 0 Å². The van der Waals surface area contributed by atoms with Crippen LogP contribution in [0.2, 0.25) is 0 Å². The first-order valence-corrected chi connectivity index (χ1v) is 6.25. The van der Waals surface area contributed by atoms with E-state index in [0.29, 0.717) is 12.6 Å². The van der Waals surface area contributed by atoms with Crippen molar-refractivity contribution in [2.75, 3.05) is 31.1 Å². The number of aromatic nitrogens is 2. The van der Waals surface area contributed by atoms with Crippen LogP contribution in [0.25, 0.3) is 0 Å². The van der Waals surface area contributed by atoms with Gasteiger partial charge in [-0.3, -0.25) is 4.90 Å². The Morgan fingerprint density at radius 2 is 2.29 bits per heavy atom. The van der Waals surface area contributed by atoms with E-state index in [4.69, 9.17) is 5.73 Å². The highest BCUT2D eigenvalue weighted by molar-refractivity contribution is 5.31. The van der Waals surface area contributed by atoms with Gasteiger partial charge in [-0.25, -0.2) is 9.97 Å². The van der Waals surface area contributed by atoms with Crippen molar-refractivity contribution >= 4 is 5.95 Å². The van der Waals surface area contributed by atoms with Crippen LogP contribution in [0.3, 0.4) is 0 Å². The van der Waals surface area contributed by atoms with Crippen LogP contribution in [0.15, 0.2) is 12.3 Å². The number of anilines is 1. The minimum Gasteiger partial charge on any atom is -0.338 e. The van der Waals surface area contributed by atoms with Gasteiger partial charge in [0, 0.05) is 38.4 Å². The van der Waals surface area contributed by atoms with E-state index in [9.17, 15) is 0 Å². The Bertz CT molecular complexity index is 368. The third kappa shape index (κ3) is 2.73. The summed E-state index contributed by atoms with van der Waals surface area (Å²) >= 11 is 0. The number of hydrogen-bond donors (Lipinski definition) is 1. The predicted molar refractivity (Wildman–Crippen MR) is 68.8 cm³/mol. The molecule has 1 aliphatic rings. The fourth-order valence-electron chi connectivity index (χ4n) is 2.30. The van der Waals surface area contributed by atoms with E-state index in [1.54, 1.807) is 6.20 Å². The maximum absolute atomic E-state index is 5.60. The minimum absolute atomic E-state index is 0.472. The number of nitrogens with zero attached hydrogens (tertiary/aromatic N) is 4. The van der Waals surface area contributed by atoms with Crippen LogP contribution < -0.4 is 10.6 Å². The van der Waals surface area contributed by atoms with Crippen LogP contribution >= 0.6 is 0 Å². The fourth-order valence-corrected chi connectivity index (χ4v) is 2.30. The van der Waals surface area contributed by atoms with Crippen LogP contribution in [0.4, 0.5) is 5.95 Å². The van der Waals surface area contributed by atoms with Crippen LogP contribution in [0, 0.1) is 0 Å². The molecule has 1 fully saturated rings. The second kappa shape index (κ2) is 5.42. The Kier molecular flexibility index (Phi) is 3.91.